The van der Waals surface area contributed by atoms with E-state index in [2.05, 4.69) is 15.5 Å². The number of nitrogens with zero attached hydrogens (tertiary/aromatic N) is 3. The Bertz CT molecular complexity index is 949. The standard InChI is InChI=1S/C20H20N4O6/c25-15(21-20-23-22-17(30-20)12-6-2-1-3-7-12)11-29-16(26)10-24-18(27)13-8-4-5-9-14(13)19(24)28/h1-3,6-7,13-14H,4-5,8-11H2,(H,21,23,25)/t13-,14+. The molecule has 4 rings (SSSR count). The summed E-state index contributed by atoms with van der Waals surface area (Å²) in [5.74, 6) is -2.61. The van der Waals surface area contributed by atoms with Crippen LogP contribution in [0.4, 0.5) is 6.01 Å². The second kappa shape index (κ2) is 8.44. The topological polar surface area (TPSA) is 132 Å². The van der Waals surface area contributed by atoms with Gasteiger partial charge in [-0.2, -0.15) is 0 Å². The van der Waals surface area contributed by atoms with Crippen molar-refractivity contribution in [2.75, 3.05) is 18.5 Å². The van der Waals surface area contributed by atoms with E-state index in [1.807, 2.05) is 18.2 Å². The molecule has 1 aliphatic heterocycles. The SMILES string of the molecule is O=C(COC(=O)CN1C(=O)[C@H]2CCCC[C@H]2C1=O)Nc1nnc(-c2ccccc2)o1. The number of nitrogens with one attached hydrogen (secondary N) is 1. The number of anilines is 1. The highest BCUT2D eigenvalue weighted by atomic mass is 16.5. The summed E-state index contributed by atoms with van der Waals surface area (Å²) < 4.78 is 10.2. The van der Waals surface area contributed by atoms with Crippen LogP contribution in [0.15, 0.2) is 34.7 Å². The molecule has 30 heavy (non-hydrogen) atoms. The van der Waals surface area contributed by atoms with Crippen LogP contribution in [0.25, 0.3) is 11.5 Å². The number of ether oxygens (including phenoxy) is 1. The van der Waals surface area contributed by atoms with Gasteiger partial charge in [-0.3, -0.25) is 29.4 Å². The van der Waals surface area contributed by atoms with Crippen LogP contribution in [-0.4, -0.2) is 51.9 Å². The number of carbonyl (C=O) groups is 4. The number of benzene rings is 1. The summed E-state index contributed by atoms with van der Waals surface area (Å²) in [6.07, 6.45) is 3.14. The predicted octanol–water partition coefficient (Wildman–Crippen LogP) is 1.39. The number of likely N-dealkylation sites (tertiary alicyclic amines) is 1. The van der Waals surface area contributed by atoms with Gasteiger partial charge in [-0.15, -0.1) is 5.10 Å². The van der Waals surface area contributed by atoms with E-state index >= 15 is 0 Å². The summed E-state index contributed by atoms with van der Waals surface area (Å²) in [5, 5.41) is 9.89. The van der Waals surface area contributed by atoms with Crippen LogP contribution in [0, 0.1) is 11.8 Å². The van der Waals surface area contributed by atoms with E-state index in [4.69, 9.17) is 9.15 Å². The maximum absolute atomic E-state index is 12.4. The fourth-order valence-corrected chi connectivity index (χ4v) is 3.83. The van der Waals surface area contributed by atoms with E-state index in [-0.39, 0.29) is 35.6 Å². The third kappa shape index (κ3) is 4.07. The van der Waals surface area contributed by atoms with Gasteiger partial charge in [0.25, 0.3) is 5.91 Å². The third-order valence-electron chi connectivity index (χ3n) is 5.28. The van der Waals surface area contributed by atoms with Gasteiger partial charge < -0.3 is 9.15 Å². The Hall–Kier alpha value is -3.56. The molecule has 0 unspecified atom stereocenters. The van der Waals surface area contributed by atoms with Crippen molar-refractivity contribution >= 4 is 29.7 Å². The molecule has 0 radical (unpaired) electrons. The van der Waals surface area contributed by atoms with Crippen molar-refractivity contribution in [3.63, 3.8) is 0 Å². The first kappa shape index (κ1) is 19.7. The smallest absolute Gasteiger partial charge is 0.326 e. The highest BCUT2D eigenvalue weighted by Gasteiger charge is 2.48. The number of aromatic nitrogens is 2. The van der Waals surface area contributed by atoms with Crippen LogP contribution < -0.4 is 5.32 Å². The molecule has 0 spiro atoms. The summed E-state index contributed by atoms with van der Waals surface area (Å²) in [6, 6.07) is 8.87. The van der Waals surface area contributed by atoms with E-state index in [0.717, 1.165) is 17.7 Å². The molecule has 2 atom stereocenters. The fraction of sp³-hybridized carbons (Fsp3) is 0.400. The molecule has 10 nitrogen and oxygen atoms in total. The average Bonchev–Trinajstić information content (AvgIpc) is 3.32. The van der Waals surface area contributed by atoms with Crippen molar-refractivity contribution in [3.05, 3.63) is 30.3 Å². The van der Waals surface area contributed by atoms with Gasteiger partial charge in [0.05, 0.1) is 11.8 Å². The van der Waals surface area contributed by atoms with Crippen molar-refractivity contribution in [2.24, 2.45) is 11.8 Å². The van der Waals surface area contributed by atoms with Crippen LogP contribution in [0.5, 0.6) is 0 Å². The van der Waals surface area contributed by atoms with Crippen molar-refractivity contribution in [2.45, 2.75) is 25.7 Å². The largest absolute Gasteiger partial charge is 0.454 e. The third-order valence-corrected chi connectivity index (χ3v) is 5.28. The molecule has 1 aliphatic carbocycles. The van der Waals surface area contributed by atoms with Gasteiger partial charge in [0.1, 0.15) is 6.54 Å². The molecule has 2 heterocycles. The Kier molecular flexibility index (Phi) is 5.55. The molecule has 1 saturated heterocycles. The Labute approximate surface area is 171 Å². The molecule has 2 aromatic rings. The lowest BCUT2D eigenvalue weighted by Crippen LogP contribution is -2.37. The number of fused-ring (bicyclic) bond motifs is 1. The first-order chi connectivity index (χ1) is 14.5. The number of imide groups is 1. The molecule has 3 amide bonds. The second-order valence-electron chi connectivity index (χ2n) is 7.25. The fourth-order valence-electron chi connectivity index (χ4n) is 3.83. The zero-order valence-electron chi connectivity index (χ0n) is 16.1. The lowest BCUT2D eigenvalue weighted by molar-refractivity contribution is -0.154. The zero-order valence-corrected chi connectivity index (χ0v) is 16.1. The van der Waals surface area contributed by atoms with Crippen LogP contribution >= 0.6 is 0 Å². The Morgan fingerprint density at radius 1 is 1.07 bits per heavy atom. The van der Waals surface area contributed by atoms with Gasteiger partial charge in [0.2, 0.25) is 17.7 Å². The van der Waals surface area contributed by atoms with Crippen LogP contribution in [0.3, 0.4) is 0 Å². The summed E-state index contributed by atoms with van der Waals surface area (Å²) in [7, 11) is 0. The first-order valence-electron chi connectivity index (χ1n) is 9.72. The lowest BCUT2D eigenvalue weighted by Gasteiger charge is -2.19. The molecule has 1 aromatic carbocycles. The van der Waals surface area contributed by atoms with E-state index in [9.17, 15) is 19.2 Å². The maximum Gasteiger partial charge on any atom is 0.326 e. The van der Waals surface area contributed by atoms with Crippen molar-refractivity contribution in [1.82, 2.24) is 15.1 Å². The molecule has 2 aliphatic rings. The lowest BCUT2D eigenvalue weighted by atomic mass is 9.81. The van der Waals surface area contributed by atoms with Crippen LogP contribution in [-0.2, 0) is 23.9 Å². The molecule has 2 fully saturated rings. The number of rotatable bonds is 6. The van der Waals surface area contributed by atoms with Crippen molar-refractivity contribution in [3.8, 4) is 11.5 Å². The average molecular weight is 412 g/mol. The number of hydrogen-bond donors (Lipinski definition) is 1. The zero-order chi connectivity index (χ0) is 21.1. The Morgan fingerprint density at radius 2 is 1.73 bits per heavy atom. The summed E-state index contributed by atoms with van der Waals surface area (Å²) >= 11 is 0. The summed E-state index contributed by atoms with van der Waals surface area (Å²) in [4.78, 5) is 49.7. The van der Waals surface area contributed by atoms with Crippen LogP contribution in [0.2, 0.25) is 0 Å². The summed E-state index contributed by atoms with van der Waals surface area (Å²) in [6.45, 7) is -1.10. The molecular weight excluding hydrogens is 392 g/mol. The van der Waals surface area contributed by atoms with Crippen molar-refractivity contribution < 1.29 is 28.3 Å². The molecule has 0 bridgehead atoms. The van der Waals surface area contributed by atoms with E-state index in [0.29, 0.717) is 18.4 Å². The molecule has 1 aromatic heterocycles. The molecule has 10 heteroatoms. The van der Waals surface area contributed by atoms with Gasteiger partial charge in [0.15, 0.2) is 6.61 Å². The summed E-state index contributed by atoms with van der Waals surface area (Å²) in [5.41, 5.74) is 0.692. The molecular formula is C20H20N4O6. The van der Waals surface area contributed by atoms with Crippen LogP contribution in [0.1, 0.15) is 25.7 Å². The van der Waals surface area contributed by atoms with Gasteiger partial charge in [-0.05, 0) is 25.0 Å². The van der Waals surface area contributed by atoms with Crippen molar-refractivity contribution in [1.29, 1.82) is 0 Å². The molecule has 156 valence electrons. The number of carbonyl (C=O) groups excluding carboxylic acids is 4. The normalized spacial score (nSPS) is 20.7. The van der Waals surface area contributed by atoms with Gasteiger partial charge in [-0.25, -0.2) is 0 Å². The molecule has 1 N–H and O–H groups in total. The molecule has 1 saturated carbocycles. The maximum atomic E-state index is 12.4. The number of hydrogen-bond acceptors (Lipinski definition) is 8. The Morgan fingerprint density at radius 3 is 2.40 bits per heavy atom. The minimum atomic E-state index is -0.832. The van der Waals surface area contributed by atoms with E-state index in [1.165, 1.54) is 0 Å². The highest BCUT2D eigenvalue weighted by Crippen LogP contribution is 2.37. The van der Waals surface area contributed by atoms with Gasteiger partial charge >= 0.3 is 12.0 Å². The predicted molar refractivity (Wildman–Crippen MR) is 101 cm³/mol. The number of amides is 3. The van der Waals surface area contributed by atoms with Gasteiger partial charge in [0, 0.05) is 5.56 Å². The highest BCUT2D eigenvalue weighted by molar-refractivity contribution is 6.07. The first-order valence-corrected chi connectivity index (χ1v) is 9.72. The van der Waals surface area contributed by atoms with E-state index < -0.39 is 25.0 Å². The Balaban J connectivity index is 1.26. The number of esters is 1. The minimum absolute atomic E-state index is 0.135. The van der Waals surface area contributed by atoms with Gasteiger partial charge in [-0.1, -0.05) is 36.1 Å². The quantitative estimate of drug-likeness (QED) is 0.556. The second-order valence-corrected chi connectivity index (χ2v) is 7.25. The van der Waals surface area contributed by atoms with E-state index in [1.54, 1.807) is 12.1 Å². The minimum Gasteiger partial charge on any atom is -0.454 e. The monoisotopic (exact) mass is 412 g/mol.